The summed E-state index contributed by atoms with van der Waals surface area (Å²) in [5, 5.41) is 1.43. The van der Waals surface area contributed by atoms with Gasteiger partial charge in [0.1, 0.15) is 0 Å². The fraction of sp³-hybridized carbons (Fsp3) is 0.364. The molecule has 14 heavy (non-hydrogen) atoms. The lowest BCUT2D eigenvalue weighted by molar-refractivity contribution is -0.168. The molecule has 1 aliphatic heterocycles. The van der Waals surface area contributed by atoms with E-state index >= 15 is 0 Å². The van der Waals surface area contributed by atoms with Gasteiger partial charge < -0.3 is 0 Å². The van der Waals surface area contributed by atoms with Gasteiger partial charge in [-0.15, -0.1) is 0 Å². The molecule has 1 aromatic carbocycles. The zero-order chi connectivity index (χ0) is 9.97. The zero-order valence-corrected chi connectivity index (χ0v) is 8.14. The summed E-state index contributed by atoms with van der Waals surface area (Å²) in [5.41, 5.74) is 1.08. The van der Waals surface area contributed by atoms with Crippen molar-refractivity contribution in [3.05, 3.63) is 35.9 Å². The molecule has 0 spiro atoms. The number of hydrogen-bond acceptors (Lipinski definition) is 2. The first-order chi connectivity index (χ1) is 6.83. The minimum Gasteiger partial charge on any atom is -0.274 e. The van der Waals surface area contributed by atoms with Crippen LogP contribution >= 0.6 is 0 Å². The maximum absolute atomic E-state index is 11.7. The number of hydrogen-bond donors (Lipinski definition) is 0. The summed E-state index contributed by atoms with van der Waals surface area (Å²) in [6, 6.07) is 9.84. The normalized spacial score (nSPS) is 21.6. The van der Waals surface area contributed by atoms with Gasteiger partial charge in [0, 0.05) is 6.54 Å². The summed E-state index contributed by atoms with van der Waals surface area (Å²) in [6.45, 7) is 0.689. The van der Waals surface area contributed by atoms with Crippen LogP contribution in [0.2, 0.25) is 0 Å². The second-order valence-electron chi connectivity index (χ2n) is 3.37. The molecule has 1 saturated heterocycles. The summed E-state index contributed by atoms with van der Waals surface area (Å²) >= 11 is 0. The van der Waals surface area contributed by atoms with E-state index in [0.29, 0.717) is 6.54 Å². The largest absolute Gasteiger partial charge is 0.274 e. The second-order valence-corrected chi connectivity index (χ2v) is 3.37. The Bertz CT molecular complexity index is 323. The predicted molar refractivity (Wildman–Crippen MR) is 52.5 cm³/mol. The van der Waals surface area contributed by atoms with Crippen molar-refractivity contribution in [3.8, 4) is 0 Å². The van der Waals surface area contributed by atoms with Gasteiger partial charge in [0.25, 0.3) is 5.91 Å². The topological polar surface area (TPSA) is 29.5 Å². The monoisotopic (exact) mass is 191 g/mol. The predicted octanol–water partition coefficient (Wildman–Crippen LogP) is 1.56. The van der Waals surface area contributed by atoms with Crippen LogP contribution in [0, 0.1) is 0 Å². The fourth-order valence-corrected chi connectivity index (χ4v) is 1.83. The van der Waals surface area contributed by atoms with Crippen molar-refractivity contribution in [3.63, 3.8) is 0 Å². The number of hydroxylamine groups is 2. The van der Waals surface area contributed by atoms with Gasteiger partial charge in [-0.05, 0) is 12.0 Å². The van der Waals surface area contributed by atoms with Crippen LogP contribution in [0.5, 0.6) is 0 Å². The molecule has 0 radical (unpaired) electrons. The lowest BCUT2D eigenvalue weighted by Crippen LogP contribution is -2.25. The van der Waals surface area contributed by atoms with E-state index in [1.54, 1.807) is 0 Å². The molecule has 0 bridgehead atoms. The summed E-state index contributed by atoms with van der Waals surface area (Å²) in [5.74, 6) is 0.0508. The van der Waals surface area contributed by atoms with Gasteiger partial charge >= 0.3 is 0 Å². The fourth-order valence-electron chi connectivity index (χ4n) is 1.83. The van der Waals surface area contributed by atoms with Crippen LogP contribution in [0.3, 0.4) is 0 Å². The highest BCUT2D eigenvalue weighted by molar-refractivity contribution is 5.84. The highest BCUT2D eigenvalue weighted by atomic mass is 16.7. The van der Waals surface area contributed by atoms with Gasteiger partial charge in [-0.3, -0.25) is 9.63 Å². The lowest BCUT2D eigenvalue weighted by Gasteiger charge is -2.12. The van der Waals surface area contributed by atoms with Crippen molar-refractivity contribution in [2.24, 2.45) is 0 Å². The number of nitrogens with zero attached hydrogens (tertiary/aromatic N) is 1. The van der Waals surface area contributed by atoms with Crippen molar-refractivity contribution in [2.75, 3.05) is 13.7 Å². The molecule has 1 amide bonds. The molecule has 74 valence electrons. The van der Waals surface area contributed by atoms with E-state index in [2.05, 4.69) is 0 Å². The van der Waals surface area contributed by atoms with Crippen LogP contribution in [-0.4, -0.2) is 24.6 Å². The SMILES string of the molecule is CON1CCC(c2ccccc2)C1=O. The van der Waals surface area contributed by atoms with Gasteiger partial charge in [-0.25, -0.2) is 5.06 Å². The van der Waals surface area contributed by atoms with Crippen molar-refractivity contribution < 1.29 is 9.63 Å². The number of benzene rings is 1. The Morgan fingerprint density at radius 3 is 2.64 bits per heavy atom. The summed E-state index contributed by atoms with van der Waals surface area (Å²) in [4.78, 5) is 16.7. The summed E-state index contributed by atoms with van der Waals surface area (Å²) < 4.78 is 0. The molecule has 1 fully saturated rings. The van der Waals surface area contributed by atoms with Gasteiger partial charge in [-0.2, -0.15) is 0 Å². The van der Waals surface area contributed by atoms with E-state index in [4.69, 9.17) is 4.84 Å². The molecule has 3 heteroatoms. The van der Waals surface area contributed by atoms with E-state index in [9.17, 15) is 4.79 Å². The van der Waals surface area contributed by atoms with E-state index < -0.39 is 0 Å². The molecule has 1 aromatic rings. The highest BCUT2D eigenvalue weighted by Crippen LogP contribution is 2.27. The average Bonchev–Trinajstić information content (AvgIpc) is 2.61. The van der Waals surface area contributed by atoms with Crippen molar-refractivity contribution >= 4 is 5.91 Å². The average molecular weight is 191 g/mol. The smallest absolute Gasteiger partial charge is 0.253 e. The number of rotatable bonds is 2. The van der Waals surface area contributed by atoms with Crippen LogP contribution in [0.1, 0.15) is 17.9 Å². The first-order valence-electron chi connectivity index (χ1n) is 4.73. The third-order valence-corrected chi connectivity index (χ3v) is 2.59. The van der Waals surface area contributed by atoms with Gasteiger partial charge in [0.2, 0.25) is 0 Å². The summed E-state index contributed by atoms with van der Waals surface area (Å²) in [7, 11) is 1.53. The Morgan fingerprint density at radius 2 is 2.07 bits per heavy atom. The Kier molecular flexibility index (Phi) is 2.50. The molecule has 0 saturated carbocycles. The molecular formula is C11H13NO2. The molecular weight excluding hydrogens is 178 g/mol. The number of carbonyl (C=O) groups is 1. The second kappa shape index (κ2) is 3.80. The minimum atomic E-state index is -0.0175. The number of carbonyl (C=O) groups excluding carboxylic acids is 1. The van der Waals surface area contributed by atoms with Crippen LogP contribution in [0.25, 0.3) is 0 Å². The van der Waals surface area contributed by atoms with E-state index in [0.717, 1.165) is 12.0 Å². The van der Waals surface area contributed by atoms with Crippen molar-refractivity contribution in [2.45, 2.75) is 12.3 Å². The van der Waals surface area contributed by atoms with E-state index in [1.807, 2.05) is 30.3 Å². The number of amides is 1. The first kappa shape index (κ1) is 9.21. The molecule has 1 atom stereocenters. The van der Waals surface area contributed by atoms with Gasteiger partial charge in [0.15, 0.2) is 0 Å². The Labute approximate surface area is 83.2 Å². The minimum absolute atomic E-state index is 0.0175. The molecule has 0 aliphatic carbocycles. The maximum Gasteiger partial charge on any atom is 0.253 e. The highest BCUT2D eigenvalue weighted by Gasteiger charge is 2.32. The van der Waals surface area contributed by atoms with Crippen LogP contribution < -0.4 is 0 Å². The van der Waals surface area contributed by atoms with Crippen LogP contribution in [-0.2, 0) is 9.63 Å². The van der Waals surface area contributed by atoms with Crippen molar-refractivity contribution in [1.29, 1.82) is 0 Å². The van der Waals surface area contributed by atoms with Crippen molar-refractivity contribution in [1.82, 2.24) is 5.06 Å². The van der Waals surface area contributed by atoms with Crippen LogP contribution in [0.4, 0.5) is 0 Å². The molecule has 1 heterocycles. The lowest BCUT2D eigenvalue weighted by atomic mass is 9.98. The quantitative estimate of drug-likeness (QED) is 0.710. The third-order valence-electron chi connectivity index (χ3n) is 2.59. The first-order valence-corrected chi connectivity index (χ1v) is 4.73. The zero-order valence-electron chi connectivity index (χ0n) is 8.14. The summed E-state index contributed by atoms with van der Waals surface area (Å²) in [6.07, 6.45) is 0.844. The molecule has 0 aromatic heterocycles. The molecule has 0 N–H and O–H groups in total. The molecule has 2 rings (SSSR count). The van der Waals surface area contributed by atoms with E-state index in [-0.39, 0.29) is 11.8 Å². The molecule has 3 nitrogen and oxygen atoms in total. The van der Waals surface area contributed by atoms with Gasteiger partial charge in [0.05, 0.1) is 13.0 Å². The molecule has 1 aliphatic rings. The van der Waals surface area contributed by atoms with E-state index in [1.165, 1.54) is 12.2 Å². The van der Waals surface area contributed by atoms with Gasteiger partial charge in [-0.1, -0.05) is 30.3 Å². The van der Waals surface area contributed by atoms with Crippen LogP contribution in [0.15, 0.2) is 30.3 Å². The maximum atomic E-state index is 11.7. The Hall–Kier alpha value is -1.35. The Morgan fingerprint density at radius 1 is 1.36 bits per heavy atom. The standard InChI is InChI=1S/C11H13NO2/c1-14-12-8-7-10(11(12)13)9-5-3-2-4-6-9/h2-6,10H,7-8H2,1H3. The molecule has 1 unspecified atom stereocenters. The third kappa shape index (κ3) is 1.51. The Balaban J connectivity index is 2.18.